The number of rotatable bonds is 10. The van der Waals surface area contributed by atoms with Gasteiger partial charge in [0.2, 0.25) is 0 Å². The van der Waals surface area contributed by atoms with Gasteiger partial charge in [-0.15, -0.1) is 11.8 Å². The van der Waals surface area contributed by atoms with Gasteiger partial charge >= 0.3 is 12.6 Å². The van der Waals surface area contributed by atoms with Crippen LogP contribution in [0.3, 0.4) is 0 Å². The van der Waals surface area contributed by atoms with E-state index < -0.39 is 18.2 Å². The number of carbonyl (C=O) groups is 2. The van der Waals surface area contributed by atoms with Crippen LogP contribution in [0, 0.1) is 23.7 Å². The van der Waals surface area contributed by atoms with E-state index in [9.17, 15) is 18.4 Å². The summed E-state index contributed by atoms with van der Waals surface area (Å²) in [5, 5.41) is 13.1. The molecule has 4 bridgehead atoms. The summed E-state index contributed by atoms with van der Waals surface area (Å²) < 4.78 is 31.4. The standard InChI is InChI=1S/C26H35F2N3O4S/c1-2-7-36-24-19(3-4-20(29-24)31-6-5-15(14-31)10-21(32)33)23(34)30-22-17-8-16-9-18(22)13-26(11-16,12-17)35-25(27)28/h3-4,15-18,22,25H,2,5-14H2,1H3,(H,30,34)(H,32,33)/t15-,16?,17?,18?,22?,26?/m0/s1. The number of nitrogens with zero attached hydrogens (tertiary/aromatic N) is 2. The van der Waals surface area contributed by atoms with Crippen molar-refractivity contribution in [2.24, 2.45) is 23.7 Å². The highest BCUT2D eigenvalue weighted by Gasteiger charge is 2.57. The first-order valence-electron chi connectivity index (χ1n) is 13.1. The molecule has 1 aliphatic heterocycles. The Hall–Kier alpha value is -1.94. The third-order valence-electron chi connectivity index (χ3n) is 8.46. The summed E-state index contributed by atoms with van der Waals surface area (Å²) in [5.74, 6) is 1.50. The quantitative estimate of drug-likeness (QED) is 0.426. The first-order valence-corrected chi connectivity index (χ1v) is 14.1. The van der Waals surface area contributed by atoms with Crippen LogP contribution < -0.4 is 10.2 Å². The molecule has 3 atom stereocenters. The summed E-state index contributed by atoms with van der Waals surface area (Å²) in [6.45, 7) is 0.729. The summed E-state index contributed by atoms with van der Waals surface area (Å²) >= 11 is 1.56. The lowest BCUT2D eigenvalue weighted by molar-refractivity contribution is -0.260. The van der Waals surface area contributed by atoms with E-state index in [1.54, 1.807) is 11.8 Å². The molecule has 1 amide bonds. The van der Waals surface area contributed by atoms with Gasteiger partial charge in [-0.3, -0.25) is 9.59 Å². The highest BCUT2D eigenvalue weighted by Crippen LogP contribution is 2.57. The van der Waals surface area contributed by atoms with Gasteiger partial charge in [0.05, 0.1) is 11.2 Å². The lowest BCUT2D eigenvalue weighted by atomic mass is 9.52. The number of aromatic nitrogens is 1. The van der Waals surface area contributed by atoms with E-state index in [-0.39, 0.29) is 36.1 Å². The highest BCUT2D eigenvalue weighted by atomic mass is 32.2. The molecule has 2 N–H and O–H groups in total. The molecule has 1 saturated heterocycles. The molecular formula is C26H35F2N3O4S. The second-order valence-electron chi connectivity index (χ2n) is 11.1. The molecule has 2 heterocycles. The van der Waals surface area contributed by atoms with E-state index in [0.29, 0.717) is 42.3 Å². The van der Waals surface area contributed by atoms with E-state index >= 15 is 0 Å². The zero-order valence-corrected chi connectivity index (χ0v) is 21.4. The predicted octanol–water partition coefficient (Wildman–Crippen LogP) is 4.80. The summed E-state index contributed by atoms with van der Waals surface area (Å²) in [7, 11) is 0. The van der Waals surface area contributed by atoms with E-state index in [4.69, 9.17) is 14.8 Å². The number of carboxylic acids is 1. The molecular weight excluding hydrogens is 488 g/mol. The Labute approximate surface area is 214 Å². The molecule has 1 aromatic rings. The Morgan fingerprint density at radius 1 is 1.28 bits per heavy atom. The highest BCUT2D eigenvalue weighted by molar-refractivity contribution is 7.99. The van der Waals surface area contributed by atoms with Crippen molar-refractivity contribution in [1.82, 2.24) is 10.3 Å². The Kier molecular flexibility index (Phi) is 7.45. The number of aliphatic carboxylic acids is 1. The molecule has 36 heavy (non-hydrogen) atoms. The molecule has 5 aliphatic rings. The lowest BCUT2D eigenvalue weighted by Gasteiger charge is -2.59. The molecule has 0 radical (unpaired) electrons. The molecule has 0 spiro atoms. The smallest absolute Gasteiger partial charge is 0.345 e. The molecule has 6 rings (SSSR count). The second-order valence-corrected chi connectivity index (χ2v) is 12.2. The number of amides is 1. The van der Waals surface area contributed by atoms with Gasteiger partial charge in [-0.05, 0) is 86.5 Å². The van der Waals surface area contributed by atoms with E-state index in [0.717, 1.165) is 43.8 Å². The fraction of sp³-hybridized carbons (Fsp3) is 0.731. The number of carboxylic acid groups (broad SMARTS) is 1. The van der Waals surface area contributed by atoms with Crippen LogP contribution in [0.15, 0.2) is 17.2 Å². The molecule has 4 saturated carbocycles. The lowest BCUT2D eigenvalue weighted by Crippen LogP contribution is -2.62. The van der Waals surface area contributed by atoms with Crippen LogP contribution in [0.2, 0.25) is 0 Å². The summed E-state index contributed by atoms with van der Waals surface area (Å²) in [6, 6.07) is 3.66. The third kappa shape index (κ3) is 5.35. The largest absolute Gasteiger partial charge is 0.481 e. The van der Waals surface area contributed by atoms with Crippen LogP contribution in [0.25, 0.3) is 0 Å². The fourth-order valence-electron chi connectivity index (χ4n) is 7.29. The summed E-state index contributed by atoms with van der Waals surface area (Å²) in [5.41, 5.74) is -0.184. The van der Waals surface area contributed by atoms with Crippen molar-refractivity contribution >= 4 is 29.5 Å². The summed E-state index contributed by atoms with van der Waals surface area (Å²) in [4.78, 5) is 31.5. The van der Waals surface area contributed by atoms with E-state index in [1.165, 1.54) is 0 Å². The average Bonchev–Trinajstić information content (AvgIpc) is 3.26. The van der Waals surface area contributed by atoms with Gasteiger partial charge in [-0.25, -0.2) is 4.98 Å². The zero-order valence-electron chi connectivity index (χ0n) is 20.6. The van der Waals surface area contributed by atoms with Crippen molar-refractivity contribution in [1.29, 1.82) is 0 Å². The number of halogens is 2. The van der Waals surface area contributed by atoms with Crippen LogP contribution in [0.5, 0.6) is 0 Å². The Morgan fingerprint density at radius 3 is 2.69 bits per heavy atom. The monoisotopic (exact) mass is 523 g/mol. The molecule has 2 unspecified atom stereocenters. The normalized spacial score (nSPS) is 32.9. The number of nitrogens with one attached hydrogen (secondary N) is 1. The zero-order chi connectivity index (χ0) is 25.4. The minimum absolute atomic E-state index is 0.0255. The number of anilines is 1. The van der Waals surface area contributed by atoms with Crippen molar-refractivity contribution in [3.8, 4) is 0 Å². The second kappa shape index (κ2) is 10.4. The van der Waals surface area contributed by atoms with Crippen LogP contribution >= 0.6 is 11.8 Å². The number of hydrogen-bond donors (Lipinski definition) is 2. The van der Waals surface area contributed by atoms with Gasteiger partial charge in [0, 0.05) is 25.6 Å². The molecule has 7 nitrogen and oxygen atoms in total. The van der Waals surface area contributed by atoms with Gasteiger partial charge in [0.15, 0.2) is 0 Å². The Bertz CT molecular complexity index is 976. The topological polar surface area (TPSA) is 91.8 Å². The SMILES string of the molecule is CCCSc1nc(N2CC[C@@H](CC(=O)O)C2)ccc1C(=O)NC1C2CC3CC1CC(OC(F)F)(C3)C2. The van der Waals surface area contributed by atoms with Crippen LogP contribution in [-0.2, 0) is 9.53 Å². The molecule has 198 valence electrons. The van der Waals surface area contributed by atoms with E-state index in [1.807, 2.05) is 12.1 Å². The molecule has 1 aromatic heterocycles. The average molecular weight is 524 g/mol. The maximum absolute atomic E-state index is 13.5. The molecule has 0 aromatic carbocycles. The molecule has 5 fully saturated rings. The van der Waals surface area contributed by atoms with Crippen LogP contribution in [0.1, 0.15) is 68.6 Å². The van der Waals surface area contributed by atoms with Gasteiger partial charge in [-0.1, -0.05) is 6.92 Å². The number of alkyl halides is 2. The Balaban J connectivity index is 1.30. The van der Waals surface area contributed by atoms with Crippen molar-refractivity contribution in [2.75, 3.05) is 23.7 Å². The third-order valence-corrected chi connectivity index (χ3v) is 9.66. The number of pyridine rings is 1. The maximum Gasteiger partial charge on any atom is 0.345 e. The van der Waals surface area contributed by atoms with E-state index in [2.05, 4.69) is 17.1 Å². The van der Waals surface area contributed by atoms with Crippen LogP contribution in [0.4, 0.5) is 14.6 Å². The van der Waals surface area contributed by atoms with Crippen molar-refractivity contribution in [3.63, 3.8) is 0 Å². The minimum Gasteiger partial charge on any atom is -0.481 e. The van der Waals surface area contributed by atoms with Gasteiger partial charge in [0.25, 0.3) is 5.91 Å². The van der Waals surface area contributed by atoms with Crippen molar-refractivity contribution in [3.05, 3.63) is 17.7 Å². The van der Waals surface area contributed by atoms with Crippen molar-refractivity contribution < 1.29 is 28.2 Å². The van der Waals surface area contributed by atoms with Crippen molar-refractivity contribution in [2.45, 2.75) is 81.6 Å². The number of carbonyl (C=O) groups excluding carboxylic acids is 1. The number of ether oxygens (including phenoxy) is 1. The van der Waals surface area contributed by atoms with Gasteiger partial charge < -0.3 is 20.1 Å². The van der Waals surface area contributed by atoms with Crippen LogP contribution in [-0.4, -0.2) is 59.1 Å². The van der Waals surface area contributed by atoms with Gasteiger partial charge in [-0.2, -0.15) is 8.78 Å². The predicted molar refractivity (Wildman–Crippen MR) is 132 cm³/mol. The maximum atomic E-state index is 13.5. The first-order chi connectivity index (χ1) is 17.2. The fourth-order valence-corrected chi connectivity index (χ4v) is 8.16. The first kappa shape index (κ1) is 25.7. The number of thioether (sulfide) groups is 1. The Morgan fingerprint density at radius 2 is 2.03 bits per heavy atom. The summed E-state index contributed by atoms with van der Waals surface area (Å²) in [6.07, 6.45) is 5.69. The molecule has 4 aliphatic carbocycles. The molecule has 10 heteroatoms. The number of hydrogen-bond acceptors (Lipinski definition) is 6. The minimum atomic E-state index is -2.76. The van der Waals surface area contributed by atoms with Gasteiger partial charge in [0.1, 0.15) is 10.8 Å².